The molecule has 0 bridgehead atoms. The fourth-order valence-electron chi connectivity index (χ4n) is 11.2. The van der Waals surface area contributed by atoms with Gasteiger partial charge in [0.05, 0.1) is 32.0 Å². The summed E-state index contributed by atoms with van der Waals surface area (Å²) in [5.74, 6) is -0.183. The zero-order valence-corrected chi connectivity index (χ0v) is 54.6. The predicted octanol–water partition coefficient (Wildman–Crippen LogP) is 18.4. The van der Waals surface area contributed by atoms with Crippen molar-refractivity contribution in [3.05, 3.63) is 48.6 Å². The fraction of sp³-hybridized carbons (Fsp3) is 0.863. The lowest BCUT2D eigenvalue weighted by atomic mass is 9.99. The average Bonchev–Trinajstić information content (AvgIpc) is 3.69. The quantitative estimate of drug-likeness (QED) is 0.0195. The number of rotatable bonds is 63. The van der Waals surface area contributed by atoms with Crippen LogP contribution in [0.4, 0.5) is 0 Å². The molecule has 84 heavy (non-hydrogen) atoms. The van der Waals surface area contributed by atoms with Crippen LogP contribution in [-0.4, -0.2) is 100 Å². The first-order chi connectivity index (χ1) is 41.2. The molecular weight excluding hydrogens is 1050 g/mol. The second-order valence-electron chi connectivity index (χ2n) is 24.9. The highest BCUT2D eigenvalue weighted by molar-refractivity contribution is 5.76. The van der Waals surface area contributed by atoms with E-state index in [1.165, 1.54) is 250 Å². The van der Waals surface area contributed by atoms with E-state index in [9.17, 15) is 35.1 Å². The number of esters is 1. The molecule has 7 unspecified atom stereocenters. The van der Waals surface area contributed by atoms with Crippen LogP contribution in [-0.2, 0) is 23.8 Å². The predicted molar refractivity (Wildman–Crippen MR) is 352 cm³/mol. The number of amides is 1. The van der Waals surface area contributed by atoms with E-state index in [1.54, 1.807) is 6.08 Å². The van der Waals surface area contributed by atoms with E-state index >= 15 is 0 Å². The van der Waals surface area contributed by atoms with E-state index in [1.807, 2.05) is 6.08 Å². The van der Waals surface area contributed by atoms with Crippen LogP contribution in [0.25, 0.3) is 0 Å². The number of ether oxygens (including phenoxy) is 3. The number of carbonyl (C=O) groups excluding carboxylic acids is 2. The zero-order chi connectivity index (χ0) is 60.9. The number of nitrogens with one attached hydrogen (secondary N) is 1. The minimum atomic E-state index is -1.58. The Morgan fingerprint density at radius 3 is 1.20 bits per heavy atom. The molecule has 0 aromatic rings. The van der Waals surface area contributed by atoms with Gasteiger partial charge in [-0.25, -0.2) is 0 Å². The Bertz CT molecular complexity index is 1530. The highest BCUT2D eigenvalue weighted by atomic mass is 16.7. The molecule has 1 saturated heterocycles. The highest BCUT2D eigenvalue weighted by Crippen LogP contribution is 2.23. The SMILES string of the molecule is CCCCC/C=C/CC/C=C/CC/C=C/C(O)C(COC1OC(CO)C(O)C(O)C1O)NC(=O)CCCCCCCCCCCCCCCCCC/C=C\CCCCCCCCCCCCCCOC(=O)CCCCCCCCCCCCC. The minimum Gasteiger partial charge on any atom is -0.466 e. The van der Waals surface area contributed by atoms with Crippen LogP contribution in [0, 0.1) is 0 Å². The van der Waals surface area contributed by atoms with Crippen molar-refractivity contribution >= 4 is 11.9 Å². The summed E-state index contributed by atoms with van der Waals surface area (Å²) in [6.45, 7) is 4.32. The van der Waals surface area contributed by atoms with Crippen molar-refractivity contribution in [2.24, 2.45) is 0 Å². The summed E-state index contributed by atoms with van der Waals surface area (Å²) in [4.78, 5) is 25.1. The molecule has 0 aromatic heterocycles. The lowest BCUT2D eigenvalue weighted by Crippen LogP contribution is -2.60. The molecule has 492 valence electrons. The molecule has 1 heterocycles. The molecular formula is C73H135NO10. The maximum absolute atomic E-state index is 13.1. The summed E-state index contributed by atoms with van der Waals surface area (Å²) >= 11 is 0. The Balaban J connectivity index is 1.97. The van der Waals surface area contributed by atoms with Gasteiger partial charge in [-0.1, -0.05) is 294 Å². The molecule has 6 N–H and O–H groups in total. The Morgan fingerprint density at radius 2 is 0.774 bits per heavy atom. The van der Waals surface area contributed by atoms with Crippen molar-refractivity contribution in [1.82, 2.24) is 5.32 Å². The molecule has 1 fully saturated rings. The summed E-state index contributed by atoms with van der Waals surface area (Å²) in [6, 6.07) is -0.833. The molecule has 1 rings (SSSR count). The first-order valence-corrected chi connectivity index (χ1v) is 35.9. The number of aliphatic hydroxyl groups is 5. The number of allylic oxidation sites excluding steroid dienone is 7. The van der Waals surface area contributed by atoms with Crippen molar-refractivity contribution in [1.29, 1.82) is 0 Å². The summed E-state index contributed by atoms with van der Waals surface area (Å²) in [5, 5.41) is 54.4. The molecule has 7 atom stereocenters. The van der Waals surface area contributed by atoms with Crippen molar-refractivity contribution in [3.63, 3.8) is 0 Å². The number of hydrogen-bond donors (Lipinski definition) is 6. The maximum Gasteiger partial charge on any atom is 0.305 e. The van der Waals surface area contributed by atoms with E-state index < -0.39 is 49.5 Å². The number of hydrogen-bond acceptors (Lipinski definition) is 10. The van der Waals surface area contributed by atoms with Crippen LogP contribution >= 0.6 is 0 Å². The molecule has 0 spiro atoms. The molecule has 0 radical (unpaired) electrons. The van der Waals surface area contributed by atoms with Gasteiger partial charge in [-0.2, -0.15) is 0 Å². The van der Waals surface area contributed by atoms with Gasteiger partial charge in [0.2, 0.25) is 5.91 Å². The smallest absolute Gasteiger partial charge is 0.305 e. The van der Waals surface area contributed by atoms with Gasteiger partial charge in [0, 0.05) is 12.8 Å². The summed E-state index contributed by atoms with van der Waals surface area (Å²) < 4.78 is 16.7. The van der Waals surface area contributed by atoms with Crippen molar-refractivity contribution in [3.8, 4) is 0 Å². The standard InChI is InChI=1S/C73H135NO10/c1-3-5-7-9-11-13-15-36-40-43-47-51-55-59-66(76)65(64-83-73-72(81)71(80)70(79)67(63-75)84-73)74-68(77)60-56-52-48-44-41-37-34-32-30-28-26-24-22-20-18-16-17-19-21-23-25-27-29-31-33-35-38-42-46-50-54-58-62-82-69(78)61-57-53-49-45-39-14-12-10-8-6-4-2/h11,13,19,21,40,43,55,59,65-67,70-73,75-76,79-81H,3-10,12,14-18,20,22-39,41-42,44-54,56-58,60-64H2,1-2H3,(H,74,77)/b13-11+,21-19-,43-40+,59-55+. The Kier molecular flexibility index (Phi) is 59.0. The van der Waals surface area contributed by atoms with Crippen molar-refractivity contribution in [2.75, 3.05) is 19.8 Å². The first kappa shape index (κ1) is 79.6. The summed E-state index contributed by atoms with van der Waals surface area (Å²) in [6.07, 6.45) is 71.1. The van der Waals surface area contributed by atoms with Gasteiger partial charge < -0.3 is 45.1 Å². The van der Waals surface area contributed by atoms with Gasteiger partial charge in [0.1, 0.15) is 24.4 Å². The number of aliphatic hydroxyl groups excluding tert-OH is 5. The summed E-state index contributed by atoms with van der Waals surface area (Å²) in [5.41, 5.74) is 0. The van der Waals surface area contributed by atoms with Crippen LogP contribution < -0.4 is 5.32 Å². The van der Waals surface area contributed by atoms with Gasteiger partial charge >= 0.3 is 5.97 Å². The number of carbonyl (C=O) groups is 2. The molecule has 0 aliphatic carbocycles. The van der Waals surface area contributed by atoms with Crippen LogP contribution in [0.1, 0.15) is 341 Å². The van der Waals surface area contributed by atoms with Gasteiger partial charge in [0.15, 0.2) is 6.29 Å². The molecule has 1 amide bonds. The Hall–Kier alpha value is -2.38. The van der Waals surface area contributed by atoms with Crippen LogP contribution in [0.15, 0.2) is 48.6 Å². The first-order valence-electron chi connectivity index (χ1n) is 35.9. The van der Waals surface area contributed by atoms with E-state index in [0.717, 1.165) is 64.2 Å². The zero-order valence-electron chi connectivity index (χ0n) is 54.6. The fourth-order valence-corrected chi connectivity index (χ4v) is 11.2. The molecule has 1 aliphatic heterocycles. The van der Waals surface area contributed by atoms with E-state index in [-0.39, 0.29) is 18.5 Å². The topological polar surface area (TPSA) is 175 Å². The third-order valence-corrected chi connectivity index (χ3v) is 16.9. The second kappa shape index (κ2) is 62.2. The lowest BCUT2D eigenvalue weighted by molar-refractivity contribution is -0.302. The van der Waals surface area contributed by atoms with Gasteiger partial charge in [0.25, 0.3) is 0 Å². The van der Waals surface area contributed by atoms with Gasteiger partial charge in [-0.15, -0.1) is 0 Å². The Labute approximate surface area is 516 Å². The molecule has 0 aromatic carbocycles. The lowest BCUT2D eigenvalue weighted by Gasteiger charge is -2.40. The minimum absolute atomic E-state index is 0.00999. The third-order valence-electron chi connectivity index (χ3n) is 16.9. The van der Waals surface area contributed by atoms with Gasteiger partial charge in [-0.3, -0.25) is 9.59 Å². The van der Waals surface area contributed by atoms with E-state index in [0.29, 0.717) is 19.4 Å². The maximum atomic E-state index is 13.1. The largest absolute Gasteiger partial charge is 0.466 e. The van der Waals surface area contributed by atoms with Crippen LogP contribution in [0.2, 0.25) is 0 Å². The second-order valence-corrected chi connectivity index (χ2v) is 24.9. The third kappa shape index (κ3) is 50.6. The van der Waals surface area contributed by atoms with Crippen molar-refractivity contribution in [2.45, 2.75) is 384 Å². The normalized spacial score (nSPS) is 18.3. The molecule has 0 saturated carbocycles. The van der Waals surface area contributed by atoms with E-state index in [4.69, 9.17) is 14.2 Å². The van der Waals surface area contributed by atoms with Crippen LogP contribution in [0.5, 0.6) is 0 Å². The molecule has 11 heteroatoms. The monoisotopic (exact) mass is 1190 g/mol. The molecule has 1 aliphatic rings. The number of unbranched alkanes of at least 4 members (excludes halogenated alkanes) is 43. The molecule has 11 nitrogen and oxygen atoms in total. The summed E-state index contributed by atoms with van der Waals surface area (Å²) in [7, 11) is 0. The van der Waals surface area contributed by atoms with Gasteiger partial charge in [-0.05, 0) is 83.5 Å². The highest BCUT2D eigenvalue weighted by Gasteiger charge is 2.44. The Morgan fingerprint density at radius 1 is 0.429 bits per heavy atom. The average molecular weight is 1190 g/mol. The van der Waals surface area contributed by atoms with Crippen LogP contribution in [0.3, 0.4) is 0 Å². The van der Waals surface area contributed by atoms with Crippen molar-refractivity contribution < 1.29 is 49.3 Å². The van der Waals surface area contributed by atoms with E-state index in [2.05, 4.69) is 55.6 Å².